The highest BCUT2D eigenvalue weighted by Gasteiger charge is 2.20. The van der Waals surface area contributed by atoms with Crippen LogP contribution in [-0.2, 0) is 19.1 Å². The molecule has 0 aliphatic heterocycles. The first-order valence-corrected chi connectivity index (χ1v) is 15.2. The van der Waals surface area contributed by atoms with Crippen LogP contribution in [0.2, 0.25) is 0 Å². The first-order chi connectivity index (χ1) is 21.9. The first-order valence-electron chi connectivity index (χ1n) is 15.2. The second-order valence-corrected chi connectivity index (χ2v) is 10.2. The van der Waals surface area contributed by atoms with E-state index in [2.05, 4.69) is 37.5 Å². The molecular formula is C37H40N4O4. The summed E-state index contributed by atoms with van der Waals surface area (Å²) < 4.78 is 11.1. The highest BCUT2D eigenvalue weighted by Crippen LogP contribution is 2.21. The minimum atomic E-state index is -0.775. The van der Waals surface area contributed by atoms with Gasteiger partial charge in [-0.2, -0.15) is 10.5 Å². The van der Waals surface area contributed by atoms with Crippen molar-refractivity contribution in [3.8, 4) is 12.1 Å². The average Bonchev–Trinajstić information content (AvgIpc) is 3.08. The van der Waals surface area contributed by atoms with Crippen LogP contribution in [-0.4, -0.2) is 51.3 Å². The Kier molecular flexibility index (Phi) is 13.4. The van der Waals surface area contributed by atoms with E-state index in [0.29, 0.717) is 11.1 Å². The molecular weight excluding hydrogens is 564 g/mol. The van der Waals surface area contributed by atoms with Crippen LogP contribution in [0.3, 0.4) is 0 Å². The smallest absolute Gasteiger partial charge is 0.348 e. The Balaban J connectivity index is 1.69. The van der Waals surface area contributed by atoms with Crippen molar-refractivity contribution in [3.05, 3.63) is 107 Å². The minimum Gasteiger partial charge on any atom is -0.461 e. The summed E-state index contributed by atoms with van der Waals surface area (Å²) >= 11 is 0. The van der Waals surface area contributed by atoms with E-state index in [9.17, 15) is 20.1 Å². The number of nitrogens with zero attached hydrogens (tertiary/aromatic N) is 4. The number of hydrogen-bond acceptors (Lipinski definition) is 8. The lowest BCUT2D eigenvalue weighted by molar-refractivity contribution is -0.141. The van der Waals surface area contributed by atoms with Gasteiger partial charge in [-0.3, -0.25) is 0 Å². The summed E-state index contributed by atoms with van der Waals surface area (Å²) in [5.41, 5.74) is 4.01. The molecule has 0 saturated carbocycles. The molecule has 8 heteroatoms. The lowest BCUT2D eigenvalue weighted by Gasteiger charge is -2.20. The maximum Gasteiger partial charge on any atom is 0.348 e. The number of carbonyl (C=O) groups excluding carboxylic acids is 2. The van der Waals surface area contributed by atoms with Crippen LogP contribution in [0.25, 0.3) is 12.2 Å². The molecule has 0 atom stereocenters. The summed E-state index contributed by atoms with van der Waals surface area (Å²) in [5.74, 6) is -2.06. The standard InChI is InChI=1S/C37H40N4O4/c1-5-40(6-2)34-18-14-28(15-19-34)22-31(24-38)36(42)44-26-33(30-12-10-9-11-13-30)27-45-37(43)32(25-39)23-29-16-20-35(21-17-29)41(7-3)8-4/h9-23,33H,5-8,26-27H2,1-4H3/b31-22+,32-23+. The fourth-order valence-corrected chi connectivity index (χ4v) is 4.82. The summed E-state index contributed by atoms with van der Waals surface area (Å²) in [6.45, 7) is 11.6. The molecule has 3 aromatic carbocycles. The molecule has 0 aliphatic carbocycles. The van der Waals surface area contributed by atoms with Crippen molar-refractivity contribution in [1.82, 2.24) is 0 Å². The zero-order chi connectivity index (χ0) is 32.6. The van der Waals surface area contributed by atoms with Crippen LogP contribution in [0, 0.1) is 22.7 Å². The molecule has 0 bridgehead atoms. The molecule has 0 radical (unpaired) electrons. The third-order valence-electron chi connectivity index (χ3n) is 7.45. The molecule has 0 aromatic heterocycles. The molecule has 0 unspecified atom stereocenters. The highest BCUT2D eigenvalue weighted by atomic mass is 16.5. The lowest BCUT2D eigenvalue weighted by atomic mass is 10.0. The normalized spacial score (nSPS) is 12.0. The quantitative estimate of drug-likeness (QED) is 0.106. The maximum absolute atomic E-state index is 12.9. The van der Waals surface area contributed by atoms with E-state index in [1.54, 1.807) is 0 Å². The number of anilines is 2. The van der Waals surface area contributed by atoms with Gasteiger partial charge >= 0.3 is 11.9 Å². The Labute approximate surface area is 266 Å². The van der Waals surface area contributed by atoms with E-state index in [4.69, 9.17) is 9.47 Å². The maximum atomic E-state index is 12.9. The number of hydrogen-bond donors (Lipinski definition) is 0. The van der Waals surface area contributed by atoms with Gasteiger partial charge in [-0.05, 0) is 80.8 Å². The summed E-state index contributed by atoms with van der Waals surface area (Å²) in [6.07, 6.45) is 2.98. The molecule has 232 valence electrons. The average molecular weight is 605 g/mol. The highest BCUT2D eigenvalue weighted by molar-refractivity contribution is 5.98. The van der Waals surface area contributed by atoms with Gasteiger partial charge in [-0.25, -0.2) is 9.59 Å². The van der Waals surface area contributed by atoms with Crippen LogP contribution < -0.4 is 9.80 Å². The predicted octanol–water partition coefficient (Wildman–Crippen LogP) is 6.76. The fraction of sp³-hybridized carbons (Fsp3) is 0.297. The molecule has 0 N–H and O–H groups in total. The van der Waals surface area contributed by atoms with Crippen LogP contribution >= 0.6 is 0 Å². The summed E-state index contributed by atoms with van der Waals surface area (Å²) in [6, 6.07) is 28.2. The third kappa shape index (κ3) is 9.84. The largest absolute Gasteiger partial charge is 0.461 e. The monoisotopic (exact) mass is 604 g/mol. The van der Waals surface area contributed by atoms with Gasteiger partial charge in [-0.1, -0.05) is 54.6 Å². The summed E-state index contributed by atoms with van der Waals surface area (Å²) in [7, 11) is 0. The molecule has 0 fully saturated rings. The topological polar surface area (TPSA) is 107 Å². The van der Waals surface area contributed by atoms with E-state index >= 15 is 0 Å². The van der Waals surface area contributed by atoms with E-state index in [1.807, 2.05) is 91.0 Å². The third-order valence-corrected chi connectivity index (χ3v) is 7.45. The van der Waals surface area contributed by atoms with Crippen molar-refractivity contribution in [2.75, 3.05) is 49.2 Å². The van der Waals surface area contributed by atoms with Crippen molar-refractivity contribution in [2.45, 2.75) is 33.6 Å². The van der Waals surface area contributed by atoms with E-state index in [-0.39, 0.29) is 24.4 Å². The van der Waals surface area contributed by atoms with Gasteiger partial charge in [-0.15, -0.1) is 0 Å². The Hall–Kier alpha value is -5.34. The van der Waals surface area contributed by atoms with E-state index < -0.39 is 17.9 Å². The molecule has 3 rings (SSSR count). The molecule has 0 spiro atoms. The van der Waals surface area contributed by atoms with Gasteiger partial charge in [0.25, 0.3) is 0 Å². The summed E-state index contributed by atoms with van der Waals surface area (Å²) in [5, 5.41) is 19.4. The van der Waals surface area contributed by atoms with Crippen molar-refractivity contribution in [3.63, 3.8) is 0 Å². The molecule has 8 nitrogen and oxygen atoms in total. The lowest BCUT2D eigenvalue weighted by Crippen LogP contribution is -2.21. The van der Waals surface area contributed by atoms with Gasteiger partial charge in [0.05, 0.1) is 5.92 Å². The SMILES string of the molecule is CCN(CC)c1ccc(/C=C(\C#N)C(=O)OCC(COC(=O)/C(C#N)=C/c2ccc(N(CC)CC)cc2)c2ccccc2)cc1. The Bertz CT molecular complexity index is 1440. The second kappa shape index (κ2) is 17.7. The first kappa shape index (κ1) is 34.2. The van der Waals surface area contributed by atoms with Gasteiger partial charge < -0.3 is 19.3 Å². The minimum absolute atomic E-state index is 0.130. The van der Waals surface area contributed by atoms with Crippen molar-refractivity contribution >= 4 is 35.5 Å². The molecule has 0 heterocycles. The number of esters is 2. The van der Waals surface area contributed by atoms with Gasteiger partial charge in [0, 0.05) is 37.6 Å². The Morgan fingerprint density at radius 1 is 0.644 bits per heavy atom. The second-order valence-electron chi connectivity index (χ2n) is 10.2. The van der Waals surface area contributed by atoms with E-state index in [0.717, 1.165) is 43.1 Å². The van der Waals surface area contributed by atoms with Crippen LogP contribution in [0.15, 0.2) is 90.0 Å². The molecule has 3 aromatic rings. The fourth-order valence-electron chi connectivity index (χ4n) is 4.82. The molecule has 0 amide bonds. The van der Waals surface area contributed by atoms with Crippen molar-refractivity contribution in [2.24, 2.45) is 0 Å². The van der Waals surface area contributed by atoms with Crippen LogP contribution in [0.5, 0.6) is 0 Å². The molecule has 0 aliphatic rings. The number of carbonyl (C=O) groups is 2. The zero-order valence-corrected chi connectivity index (χ0v) is 26.4. The Morgan fingerprint density at radius 3 is 1.36 bits per heavy atom. The van der Waals surface area contributed by atoms with Crippen LogP contribution in [0.1, 0.15) is 50.3 Å². The number of ether oxygens (including phenoxy) is 2. The van der Waals surface area contributed by atoms with Crippen molar-refractivity contribution < 1.29 is 19.1 Å². The molecule has 45 heavy (non-hydrogen) atoms. The molecule has 0 saturated heterocycles. The predicted molar refractivity (Wildman–Crippen MR) is 178 cm³/mol. The van der Waals surface area contributed by atoms with Crippen LogP contribution in [0.4, 0.5) is 11.4 Å². The van der Waals surface area contributed by atoms with E-state index in [1.165, 1.54) is 12.2 Å². The number of nitriles is 2. The van der Waals surface area contributed by atoms with Gasteiger partial charge in [0.2, 0.25) is 0 Å². The number of rotatable bonds is 15. The Morgan fingerprint density at radius 2 is 1.02 bits per heavy atom. The van der Waals surface area contributed by atoms with Gasteiger partial charge in [0.15, 0.2) is 0 Å². The number of benzene rings is 3. The van der Waals surface area contributed by atoms with Crippen molar-refractivity contribution in [1.29, 1.82) is 10.5 Å². The summed E-state index contributed by atoms with van der Waals surface area (Å²) in [4.78, 5) is 30.2. The van der Waals surface area contributed by atoms with Gasteiger partial charge in [0.1, 0.15) is 36.5 Å². The zero-order valence-electron chi connectivity index (χ0n) is 26.4.